The van der Waals surface area contributed by atoms with E-state index < -0.39 is 6.04 Å². The van der Waals surface area contributed by atoms with Gasteiger partial charge in [0.1, 0.15) is 0 Å². The van der Waals surface area contributed by atoms with Gasteiger partial charge in [0.2, 0.25) is 5.91 Å². The van der Waals surface area contributed by atoms with Crippen molar-refractivity contribution in [3.05, 3.63) is 28.2 Å². The molecule has 3 N–H and O–H groups in total. The molecule has 0 aliphatic carbocycles. The van der Waals surface area contributed by atoms with Crippen LogP contribution >= 0.6 is 35.0 Å². The minimum Gasteiger partial charge on any atom is -0.325 e. The summed E-state index contributed by atoms with van der Waals surface area (Å²) in [4.78, 5) is 11.7. The molecule has 0 heterocycles. The van der Waals surface area contributed by atoms with E-state index in [0.29, 0.717) is 22.2 Å². The zero-order valence-corrected chi connectivity index (χ0v) is 11.7. The number of halogens is 2. The molecule has 3 nitrogen and oxygen atoms in total. The average Bonchev–Trinajstić information content (AvgIpc) is 2.30. The van der Waals surface area contributed by atoms with E-state index in [1.807, 2.05) is 6.26 Å². The highest BCUT2D eigenvalue weighted by atomic mass is 35.5. The minimum absolute atomic E-state index is 0.211. The summed E-state index contributed by atoms with van der Waals surface area (Å²) in [6, 6.07) is 4.42. The highest BCUT2D eigenvalue weighted by Crippen LogP contribution is 2.25. The molecule has 0 aliphatic heterocycles. The molecular weight excluding hydrogens is 279 g/mol. The van der Waals surface area contributed by atoms with Gasteiger partial charge in [0.05, 0.1) is 16.1 Å². The molecule has 17 heavy (non-hydrogen) atoms. The maximum Gasteiger partial charge on any atom is 0.241 e. The van der Waals surface area contributed by atoms with Crippen molar-refractivity contribution in [2.24, 2.45) is 5.73 Å². The normalized spacial score (nSPS) is 12.2. The number of nitrogens with two attached hydrogens (primary N) is 1. The summed E-state index contributed by atoms with van der Waals surface area (Å²) in [6.07, 6.45) is 2.62. The largest absolute Gasteiger partial charge is 0.325 e. The third-order valence-electron chi connectivity index (χ3n) is 2.16. The SMILES string of the molecule is CSCC[C@H](N)C(=O)Nc1ccc(Cl)c(Cl)c1. The first kappa shape index (κ1) is 14.6. The maximum atomic E-state index is 11.7. The summed E-state index contributed by atoms with van der Waals surface area (Å²) in [5, 5.41) is 3.56. The third kappa shape index (κ3) is 4.76. The number of amides is 1. The Labute approximate surface area is 115 Å². The number of hydrogen-bond donors (Lipinski definition) is 2. The van der Waals surface area contributed by atoms with Crippen LogP contribution in [0.3, 0.4) is 0 Å². The fraction of sp³-hybridized carbons (Fsp3) is 0.364. The van der Waals surface area contributed by atoms with Gasteiger partial charge in [-0.15, -0.1) is 0 Å². The van der Waals surface area contributed by atoms with Crippen LogP contribution in [0.25, 0.3) is 0 Å². The highest BCUT2D eigenvalue weighted by molar-refractivity contribution is 7.98. The number of hydrogen-bond acceptors (Lipinski definition) is 3. The number of anilines is 1. The monoisotopic (exact) mass is 292 g/mol. The van der Waals surface area contributed by atoms with E-state index in [2.05, 4.69) is 5.32 Å². The topological polar surface area (TPSA) is 55.1 Å². The van der Waals surface area contributed by atoms with Crippen LogP contribution in [0.5, 0.6) is 0 Å². The molecule has 94 valence electrons. The van der Waals surface area contributed by atoms with Crippen LogP contribution < -0.4 is 11.1 Å². The summed E-state index contributed by atoms with van der Waals surface area (Å²) in [5.74, 6) is 0.646. The third-order valence-corrected chi connectivity index (χ3v) is 3.54. The Morgan fingerprint density at radius 1 is 1.47 bits per heavy atom. The number of thioether (sulfide) groups is 1. The van der Waals surface area contributed by atoms with E-state index in [1.54, 1.807) is 30.0 Å². The maximum absolute atomic E-state index is 11.7. The van der Waals surface area contributed by atoms with Gasteiger partial charge in [-0.2, -0.15) is 11.8 Å². The van der Waals surface area contributed by atoms with Gasteiger partial charge < -0.3 is 11.1 Å². The Hall–Kier alpha value is -0.420. The Bertz CT molecular complexity index is 401. The number of rotatable bonds is 5. The van der Waals surface area contributed by atoms with Crippen LogP contribution in [0, 0.1) is 0 Å². The van der Waals surface area contributed by atoms with Crippen molar-refractivity contribution < 1.29 is 4.79 Å². The number of nitrogens with one attached hydrogen (secondary N) is 1. The molecule has 1 aromatic rings. The molecule has 6 heteroatoms. The van der Waals surface area contributed by atoms with E-state index in [4.69, 9.17) is 28.9 Å². The van der Waals surface area contributed by atoms with Crippen LogP contribution in [0.1, 0.15) is 6.42 Å². The molecule has 0 bridgehead atoms. The second-order valence-corrected chi connectivity index (χ2v) is 5.31. The Morgan fingerprint density at radius 3 is 2.76 bits per heavy atom. The number of carbonyl (C=O) groups is 1. The Balaban J connectivity index is 2.58. The van der Waals surface area contributed by atoms with Gasteiger partial charge in [-0.05, 0) is 36.6 Å². The first-order valence-corrected chi connectivity index (χ1v) is 7.20. The van der Waals surface area contributed by atoms with Gasteiger partial charge in [0, 0.05) is 5.69 Å². The lowest BCUT2D eigenvalue weighted by Crippen LogP contribution is -2.36. The summed E-state index contributed by atoms with van der Waals surface area (Å²) in [6.45, 7) is 0. The smallest absolute Gasteiger partial charge is 0.241 e. The Kier molecular flexibility index (Phi) is 6.12. The van der Waals surface area contributed by atoms with Gasteiger partial charge >= 0.3 is 0 Å². The molecule has 1 rings (SSSR count). The molecule has 0 saturated heterocycles. The predicted octanol–water partition coefficient (Wildman–Crippen LogP) is 3.01. The molecule has 0 radical (unpaired) electrons. The lowest BCUT2D eigenvalue weighted by atomic mass is 10.2. The molecule has 1 atom stereocenters. The molecule has 1 aromatic carbocycles. The van der Waals surface area contributed by atoms with Gasteiger partial charge in [-0.25, -0.2) is 0 Å². The average molecular weight is 293 g/mol. The summed E-state index contributed by atoms with van der Waals surface area (Å²) >= 11 is 13.3. The second-order valence-electron chi connectivity index (χ2n) is 3.51. The summed E-state index contributed by atoms with van der Waals surface area (Å²) in [7, 11) is 0. The molecule has 0 unspecified atom stereocenters. The Morgan fingerprint density at radius 2 is 2.18 bits per heavy atom. The molecule has 0 aliphatic rings. The summed E-state index contributed by atoms with van der Waals surface area (Å²) in [5.41, 5.74) is 6.34. The number of benzene rings is 1. The van der Waals surface area contributed by atoms with Crippen molar-refractivity contribution in [2.45, 2.75) is 12.5 Å². The van der Waals surface area contributed by atoms with Gasteiger partial charge in [-0.1, -0.05) is 23.2 Å². The van der Waals surface area contributed by atoms with E-state index in [-0.39, 0.29) is 5.91 Å². The molecule has 0 spiro atoms. The van der Waals surface area contributed by atoms with Crippen LogP contribution in [0.4, 0.5) is 5.69 Å². The van der Waals surface area contributed by atoms with Crippen molar-refractivity contribution >= 4 is 46.6 Å². The fourth-order valence-electron chi connectivity index (χ4n) is 1.18. The second kappa shape index (κ2) is 7.11. The fourth-order valence-corrected chi connectivity index (χ4v) is 1.97. The summed E-state index contributed by atoms with van der Waals surface area (Å²) < 4.78 is 0. The lowest BCUT2D eigenvalue weighted by molar-refractivity contribution is -0.117. The van der Waals surface area contributed by atoms with Crippen molar-refractivity contribution in [2.75, 3.05) is 17.3 Å². The molecular formula is C11H14Cl2N2OS. The standard InChI is InChI=1S/C11H14Cl2N2OS/c1-17-5-4-10(14)11(16)15-7-2-3-8(12)9(13)6-7/h2-3,6,10H,4-5,14H2,1H3,(H,15,16)/t10-/m0/s1. The van der Waals surface area contributed by atoms with E-state index in [9.17, 15) is 4.79 Å². The van der Waals surface area contributed by atoms with Crippen LogP contribution in [0.2, 0.25) is 10.0 Å². The van der Waals surface area contributed by atoms with Gasteiger partial charge in [0.15, 0.2) is 0 Å². The first-order chi connectivity index (χ1) is 8.04. The minimum atomic E-state index is -0.503. The highest BCUT2D eigenvalue weighted by Gasteiger charge is 2.13. The van der Waals surface area contributed by atoms with Crippen LogP contribution in [0.15, 0.2) is 18.2 Å². The molecule has 1 amide bonds. The first-order valence-electron chi connectivity index (χ1n) is 5.05. The zero-order valence-electron chi connectivity index (χ0n) is 9.37. The van der Waals surface area contributed by atoms with Gasteiger partial charge in [-0.3, -0.25) is 4.79 Å². The zero-order chi connectivity index (χ0) is 12.8. The van der Waals surface area contributed by atoms with Crippen molar-refractivity contribution in [3.63, 3.8) is 0 Å². The molecule has 0 fully saturated rings. The molecule has 0 aromatic heterocycles. The van der Waals surface area contributed by atoms with E-state index in [0.717, 1.165) is 5.75 Å². The predicted molar refractivity (Wildman–Crippen MR) is 76.1 cm³/mol. The van der Waals surface area contributed by atoms with Crippen molar-refractivity contribution in [1.29, 1.82) is 0 Å². The van der Waals surface area contributed by atoms with Crippen LogP contribution in [-0.2, 0) is 4.79 Å². The number of carbonyl (C=O) groups excluding carboxylic acids is 1. The quantitative estimate of drug-likeness (QED) is 0.877. The van der Waals surface area contributed by atoms with E-state index >= 15 is 0 Å². The lowest BCUT2D eigenvalue weighted by Gasteiger charge is -2.12. The van der Waals surface area contributed by atoms with Gasteiger partial charge in [0.25, 0.3) is 0 Å². The van der Waals surface area contributed by atoms with Crippen molar-refractivity contribution in [1.82, 2.24) is 0 Å². The molecule has 0 saturated carbocycles. The van der Waals surface area contributed by atoms with Crippen LogP contribution in [-0.4, -0.2) is 24.0 Å². The van der Waals surface area contributed by atoms with Crippen molar-refractivity contribution in [3.8, 4) is 0 Å². The van der Waals surface area contributed by atoms with E-state index in [1.165, 1.54) is 0 Å².